The molecular formula is C11H15N3O4. The summed E-state index contributed by atoms with van der Waals surface area (Å²) in [7, 11) is 0. The zero-order chi connectivity index (χ0) is 13.4. The van der Waals surface area contributed by atoms with E-state index in [0.717, 1.165) is 0 Å². The monoisotopic (exact) mass is 253 g/mol. The Hall–Kier alpha value is -1.99. The number of benzene rings is 1. The Morgan fingerprint density at radius 1 is 1.22 bits per heavy atom. The lowest BCUT2D eigenvalue weighted by Gasteiger charge is -2.15. The molecule has 18 heavy (non-hydrogen) atoms. The SMILES string of the molecule is O=[N+]([O-])c1ccc(C=NN(CCO)CCO)cc1. The summed E-state index contributed by atoms with van der Waals surface area (Å²) in [5.74, 6) is 0. The zero-order valence-electron chi connectivity index (χ0n) is 9.77. The van der Waals surface area contributed by atoms with Crippen LogP contribution in [0, 0.1) is 10.1 Å². The lowest BCUT2D eigenvalue weighted by Crippen LogP contribution is -2.24. The summed E-state index contributed by atoms with van der Waals surface area (Å²) in [6.07, 6.45) is 1.52. The summed E-state index contributed by atoms with van der Waals surface area (Å²) in [4.78, 5) is 9.99. The Labute approximate surface area is 104 Å². The fraction of sp³-hybridized carbons (Fsp3) is 0.364. The normalized spacial score (nSPS) is 10.8. The first-order valence-electron chi connectivity index (χ1n) is 5.42. The summed E-state index contributed by atoms with van der Waals surface area (Å²) >= 11 is 0. The largest absolute Gasteiger partial charge is 0.394 e. The van der Waals surface area contributed by atoms with Gasteiger partial charge in [0, 0.05) is 12.1 Å². The van der Waals surface area contributed by atoms with Gasteiger partial charge in [0.25, 0.3) is 5.69 Å². The van der Waals surface area contributed by atoms with Gasteiger partial charge >= 0.3 is 0 Å². The molecule has 1 aromatic carbocycles. The van der Waals surface area contributed by atoms with Crippen molar-refractivity contribution in [3.05, 3.63) is 39.9 Å². The van der Waals surface area contributed by atoms with Gasteiger partial charge in [-0.3, -0.25) is 15.1 Å². The molecule has 0 fully saturated rings. The van der Waals surface area contributed by atoms with Crippen LogP contribution in [0.2, 0.25) is 0 Å². The Bertz CT molecular complexity index is 399. The van der Waals surface area contributed by atoms with E-state index in [0.29, 0.717) is 18.7 Å². The topological polar surface area (TPSA) is 99.2 Å². The Kier molecular flexibility index (Phi) is 5.75. The molecule has 2 N–H and O–H groups in total. The van der Waals surface area contributed by atoms with Gasteiger partial charge < -0.3 is 10.2 Å². The van der Waals surface area contributed by atoms with Crippen molar-refractivity contribution in [1.82, 2.24) is 5.01 Å². The Morgan fingerprint density at radius 2 is 1.78 bits per heavy atom. The molecule has 0 saturated heterocycles. The number of rotatable bonds is 7. The molecule has 7 nitrogen and oxygen atoms in total. The predicted octanol–water partition coefficient (Wildman–Crippen LogP) is 0.215. The number of nitro benzene ring substituents is 1. The molecule has 0 spiro atoms. The van der Waals surface area contributed by atoms with E-state index in [1.54, 1.807) is 12.1 Å². The highest BCUT2D eigenvalue weighted by Crippen LogP contribution is 2.10. The van der Waals surface area contributed by atoms with Crippen molar-refractivity contribution in [1.29, 1.82) is 0 Å². The predicted molar refractivity (Wildman–Crippen MR) is 66.4 cm³/mol. The molecule has 1 aromatic rings. The smallest absolute Gasteiger partial charge is 0.269 e. The first-order chi connectivity index (χ1) is 8.67. The highest BCUT2D eigenvalue weighted by atomic mass is 16.6. The average Bonchev–Trinajstić information content (AvgIpc) is 2.37. The summed E-state index contributed by atoms with van der Waals surface area (Å²) in [6.45, 7) is 0.531. The number of hydrazone groups is 1. The van der Waals surface area contributed by atoms with Crippen LogP contribution in [0.25, 0.3) is 0 Å². The molecule has 0 saturated carbocycles. The Morgan fingerprint density at radius 3 is 2.22 bits per heavy atom. The van der Waals surface area contributed by atoms with Crippen LogP contribution in [0.3, 0.4) is 0 Å². The van der Waals surface area contributed by atoms with Crippen LogP contribution < -0.4 is 0 Å². The van der Waals surface area contributed by atoms with Gasteiger partial charge in [-0.05, 0) is 17.7 Å². The van der Waals surface area contributed by atoms with Crippen molar-refractivity contribution in [2.45, 2.75) is 0 Å². The number of nitrogens with zero attached hydrogens (tertiary/aromatic N) is 3. The maximum atomic E-state index is 10.5. The molecule has 0 aromatic heterocycles. The van der Waals surface area contributed by atoms with Gasteiger partial charge in [0.15, 0.2) is 0 Å². The number of non-ortho nitro benzene ring substituents is 1. The third-order valence-electron chi connectivity index (χ3n) is 2.19. The average molecular weight is 253 g/mol. The fourth-order valence-electron chi connectivity index (χ4n) is 1.29. The number of aliphatic hydroxyl groups excluding tert-OH is 2. The summed E-state index contributed by atoms with van der Waals surface area (Å²) in [6, 6.07) is 5.95. The second kappa shape index (κ2) is 7.36. The molecule has 0 heterocycles. The molecule has 0 aliphatic rings. The van der Waals surface area contributed by atoms with Crippen LogP contribution in [-0.2, 0) is 0 Å². The molecule has 0 bridgehead atoms. The zero-order valence-corrected chi connectivity index (χ0v) is 9.77. The van der Waals surface area contributed by atoms with E-state index in [2.05, 4.69) is 5.10 Å². The van der Waals surface area contributed by atoms with Crippen molar-refractivity contribution < 1.29 is 15.1 Å². The van der Waals surface area contributed by atoms with E-state index in [-0.39, 0.29) is 18.9 Å². The van der Waals surface area contributed by atoms with Crippen LogP contribution in [0.1, 0.15) is 5.56 Å². The first kappa shape index (κ1) is 14.1. The molecule has 0 radical (unpaired) electrons. The van der Waals surface area contributed by atoms with Crippen molar-refractivity contribution >= 4 is 11.9 Å². The number of hydrogen-bond acceptors (Lipinski definition) is 6. The van der Waals surface area contributed by atoms with Crippen molar-refractivity contribution in [2.24, 2.45) is 5.10 Å². The standard InChI is InChI=1S/C11H15N3O4/c15-7-5-13(6-8-16)12-9-10-1-3-11(4-2-10)14(17)18/h1-4,9,15-16H,5-8H2. The van der Waals surface area contributed by atoms with Crippen LogP contribution in [0.5, 0.6) is 0 Å². The van der Waals surface area contributed by atoms with Crippen molar-refractivity contribution in [3.8, 4) is 0 Å². The molecule has 1 rings (SSSR count). The van der Waals surface area contributed by atoms with Gasteiger partial charge in [-0.15, -0.1) is 0 Å². The fourth-order valence-corrected chi connectivity index (χ4v) is 1.29. The molecule has 0 aliphatic heterocycles. The minimum Gasteiger partial charge on any atom is -0.394 e. The molecule has 7 heteroatoms. The minimum atomic E-state index is -0.468. The summed E-state index contributed by atoms with van der Waals surface area (Å²) in [5, 5.41) is 33.6. The van der Waals surface area contributed by atoms with Gasteiger partial charge in [0.2, 0.25) is 0 Å². The third kappa shape index (κ3) is 4.48. The highest BCUT2D eigenvalue weighted by Gasteiger charge is 2.03. The third-order valence-corrected chi connectivity index (χ3v) is 2.19. The molecule has 0 amide bonds. The van der Waals surface area contributed by atoms with Gasteiger partial charge in [-0.2, -0.15) is 5.10 Å². The van der Waals surface area contributed by atoms with Gasteiger partial charge in [0.05, 0.1) is 37.4 Å². The second-order valence-corrected chi connectivity index (χ2v) is 3.49. The summed E-state index contributed by atoms with van der Waals surface area (Å²) < 4.78 is 0. The van der Waals surface area contributed by atoms with Crippen LogP contribution in [0.15, 0.2) is 29.4 Å². The molecule has 0 unspecified atom stereocenters. The molecular weight excluding hydrogens is 238 g/mol. The molecule has 98 valence electrons. The van der Waals surface area contributed by atoms with E-state index < -0.39 is 4.92 Å². The highest BCUT2D eigenvalue weighted by molar-refractivity contribution is 5.79. The summed E-state index contributed by atoms with van der Waals surface area (Å²) in [5.41, 5.74) is 0.733. The van der Waals surface area contributed by atoms with Crippen LogP contribution in [0.4, 0.5) is 5.69 Å². The quantitative estimate of drug-likeness (QED) is 0.411. The maximum absolute atomic E-state index is 10.5. The van der Waals surface area contributed by atoms with Gasteiger partial charge in [0.1, 0.15) is 0 Å². The number of aliphatic hydroxyl groups is 2. The van der Waals surface area contributed by atoms with Crippen LogP contribution >= 0.6 is 0 Å². The lowest BCUT2D eigenvalue weighted by molar-refractivity contribution is -0.384. The lowest BCUT2D eigenvalue weighted by atomic mass is 10.2. The first-order valence-corrected chi connectivity index (χ1v) is 5.42. The maximum Gasteiger partial charge on any atom is 0.269 e. The van der Waals surface area contributed by atoms with Crippen molar-refractivity contribution in [2.75, 3.05) is 26.3 Å². The van der Waals surface area contributed by atoms with Crippen LogP contribution in [-0.4, -0.2) is 52.7 Å². The van der Waals surface area contributed by atoms with Gasteiger partial charge in [-0.25, -0.2) is 0 Å². The number of nitro groups is 1. The second-order valence-electron chi connectivity index (χ2n) is 3.49. The van der Waals surface area contributed by atoms with E-state index in [9.17, 15) is 10.1 Å². The Balaban J connectivity index is 2.67. The van der Waals surface area contributed by atoms with Gasteiger partial charge in [-0.1, -0.05) is 0 Å². The molecule has 0 aliphatic carbocycles. The minimum absolute atomic E-state index is 0.0229. The van der Waals surface area contributed by atoms with E-state index in [4.69, 9.17) is 10.2 Å². The van der Waals surface area contributed by atoms with E-state index >= 15 is 0 Å². The van der Waals surface area contributed by atoms with Crippen molar-refractivity contribution in [3.63, 3.8) is 0 Å². The van der Waals surface area contributed by atoms with E-state index in [1.165, 1.54) is 23.4 Å². The number of hydrogen-bond donors (Lipinski definition) is 2. The van der Waals surface area contributed by atoms with E-state index in [1.807, 2.05) is 0 Å². The molecule has 0 atom stereocenters.